The summed E-state index contributed by atoms with van der Waals surface area (Å²) in [5.74, 6) is 0.143. The van der Waals surface area contributed by atoms with Gasteiger partial charge in [0, 0.05) is 24.6 Å². The van der Waals surface area contributed by atoms with Gasteiger partial charge in [0.1, 0.15) is 0 Å². The van der Waals surface area contributed by atoms with Crippen molar-refractivity contribution in [2.24, 2.45) is 0 Å². The fourth-order valence-corrected chi connectivity index (χ4v) is 1.72. The topological polar surface area (TPSA) is 20.9 Å². The summed E-state index contributed by atoms with van der Waals surface area (Å²) >= 11 is 0. The van der Waals surface area contributed by atoms with Crippen LogP contribution >= 0.6 is 17.0 Å². The summed E-state index contributed by atoms with van der Waals surface area (Å²) in [4.78, 5) is 12.1. The molecule has 2 rings (SSSR count). The Morgan fingerprint density at radius 2 is 1.72 bits per heavy atom. The van der Waals surface area contributed by atoms with E-state index in [1.807, 2.05) is 67.1 Å². The number of rotatable bonds is 3. The Hall–Kier alpha value is -1.48. The smallest absolute Gasteiger partial charge is 0.227 e. The van der Waals surface area contributed by atoms with E-state index in [4.69, 9.17) is 0 Å². The fraction of sp³-hybridized carbons (Fsp3) is 0.200. The Morgan fingerprint density at radius 1 is 1.06 bits per heavy atom. The lowest BCUT2D eigenvalue weighted by Gasteiger charge is -2.01. The molecule has 2 nitrogen and oxygen atoms in total. The summed E-state index contributed by atoms with van der Waals surface area (Å²) in [6.07, 6.45) is 1.93. The maximum atomic E-state index is 12.1. The number of carbonyl (C=O) groups is 1. The number of halogens is 1. The third kappa shape index (κ3) is 3.50. The highest BCUT2D eigenvalue weighted by molar-refractivity contribution is 8.93. The minimum atomic E-state index is 0. The molecule has 0 radical (unpaired) electrons. The van der Waals surface area contributed by atoms with E-state index in [9.17, 15) is 4.79 Å². The number of Topliss-reactive ketones (excluding diaryl/α,β-unsaturated/α-hetero) is 1. The molecule has 0 saturated heterocycles. The third-order valence-electron chi connectivity index (χ3n) is 2.86. The summed E-state index contributed by atoms with van der Waals surface area (Å²) in [7, 11) is 0. The van der Waals surface area contributed by atoms with Crippen LogP contribution < -0.4 is 4.57 Å². The van der Waals surface area contributed by atoms with Gasteiger partial charge in [0.25, 0.3) is 0 Å². The molecule has 0 amide bonds. The lowest BCUT2D eigenvalue weighted by molar-refractivity contribution is -0.689. The van der Waals surface area contributed by atoms with E-state index < -0.39 is 0 Å². The number of aryl methyl sites for hydroxylation is 2. The van der Waals surface area contributed by atoms with Crippen LogP contribution in [0.3, 0.4) is 0 Å². The first-order valence-electron chi connectivity index (χ1n) is 5.72. The highest BCUT2D eigenvalue weighted by Crippen LogP contribution is 2.04. The van der Waals surface area contributed by atoms with E-state index in [-0.39, 0.29) is 22.8 Å². The number of nitrogens with zero attached hydrogens (tertiary/aromatic N) is 1. The summed E-state index contributed by atoms with van der Waals surface area (Å²) in [6, 6.07) is 13.6. The zero-order valence-electron chi connectivity index (χ0n) is 10.6. The molecule has 3 heteroatoms. The minimum absolute atomic E-state index is 0. The molecule has 1 aromatic heterocycles. The normalized spacial score (nSPS) is 9.67. The predicted octanol–water partition coefficient (Wildman–Crippen LogP) is 3.05. The first kappa shape index (κ1) is 14.6. The van der Waals surface area contributed by atoms with Crippen molar-refractivity contribution in [1.82, 2.24) is 0 Å². The highest BCUT2D eigenvalue weighted by atomic mass is 79.9. The second kappa shape index (κ2) is 6.45. The minimum Gasteiger partial charge on any atom is -0.287 e. The van der Waals surface area contributed by atoms with Crippen molar-refractivity contribution in [1.29, 1.82) is 0 Å². The first-order valence-corrected chi connectivity index (χ1v) is 5.72. The van der Waals surface area contributed by atoms with Crippen molar-refractivity contribution >= 4 is 22.8 Å². The number of hydrogen-bond donors (Lipinski definition) is 0. The maximum absolute atomic E-state index is 12.1. The number of hydrogen-bond acceptors (Lipinski definition) is 1. The molecule has 0 spiro atoms. The zero-order valence-corrected chi connectivity index (χ0v) is 12.3. The SMILES string of the molecule is Br.Cc1ccc(C(=O)C[n+]2ccccc2C)cc1. The molecule has 2 aromatic rings. The molecule has 0 aliphatic rings. The Bertz CT molecular complexity index is 534. The van der Waals surface area contributed by atoms with Gasteiger partial charge < -0.3 is 0 Å². The van der Waals surface area contributed by atoms with E-state index in [0.717, 1.165) is 11.3 Å². The van der Waals surface area contributed by atoms with Crippen LogP contribution in [0.25, 0.3) is 0 Å². The van der Waals surface area contributed by atoms with Gasteiger partial charge in [0.05, 0.1) is 0 Å². The first-order chi connectivity index (χ1) is 8.16. The van der Waals surface area contributed by atoms with Crippen molar-refractivity contribution in [3.63, 3.8) is 0 Å². The molecule has 94 valence electrons. The molecule has 0 N–H and O–H groups in total. The van der Waals surface area contributed by atoms with Gasteiger partial charge >= 0.3 is 0 Å². The van der Waals surface area contributed by atoms with Gasteiger partial charge in [-0.05, 0) is 6.92 Å². The Morgan fingerprint density at radius 3 is 2.33 bits per heavy atom. The average molecular weight is 307 g/mol. The largest absolute Gasteiger partial charge is 0.287 e. The quantitative estimate of drug-likeness (QED) is 0.631. The molecule has 0 saturated carbocycles. The number of benzene rings is 1. The molecule has 0 aliphatic heterocycles. The molecule has 0 aliphatic carbocycles. The predicted molar refractivity (Wildman–Crippen MR) is 77.2 cm³/mol. The lowest BCUT2D eigenvalue weighted by Crippen LogP contribution is -2.40. The second-order valence-electron chi connectivity index (χ2n) is 4.26. The molecular formula is C15H17BrNO+. The van der Waals surface area contributed by atoms with Gasteiger partial charge in [0.2, 0.25) is 12.3 Å². The number of carbonyl (C=O) groups excluding carboxylic acids is 1. The van der Waals surface area contributed by atoms with E-state index in [0.29, 0.717) is 6.54 Å². The fourth-order valence-electron chi connectivity index (χ4n) is 1.72. The van der Waals surface area contributed by atoms with Gasteiger partial charge in [-0.15, -0.1) is 17.0 Å². The molecule has 1 heterocycles. The van der Waals surface area contributed by atoms with Crippen molar-refractivity contribution in [3.8, 4) is 0 Å². The molecule has 0 unspecified atom stereocenters. The van der Waals surface area contributed by atoms with Crippen LogP contribution in [0, 0.1) is 13.8 Å². The number of aromatic nitrogens is 1. The van der Waals surface area contributed by atoms with Crippen molar-refractivity contribution < 1.29 is 9.36 Å². The maximum Gasteiger partial charge on any atom is 0.227 e. The summed E-state index contributed by atoms with van der Waals surface area (Å²) in [6.45, 7) is 4.42. The molecule has 0 bridgehead atoms. The van der Waals surface area contributed by atoms with Crippen LogP contribution in [0.15, 0.2) is 48.7 Å². The standard InChI is InChI=1S/C15H16NO.BrH/c1-12-6-8-14(9-7-12)15(17)11-16-10-4-3-5-13(16)2;/h3-10H,11H2,1-2H3;1H/q+1;. The summed E-state index contributed by atoms with van der Waals surface area (Å²) < 4.78 is 1.96. The van der Waals surface area contributed by atoms with Gasteiger partial charge in [-0.25, -0.2) is 0 Å². The van der Waals surface area contributed by atoms with Gasteiger partial charge in [0.15, 0.2) is 11.9 Å². The van der Waals surface area contributed by atoms with Crippen molar-refractivity contribution in [2.75, 3.05) is 0 Å². The summed E-state index contributed by atoms with van der Waals surface area (Å²) in [5, 5.41) is 0. The Labute approximate surface area is 118 Å². The second-order valence-corrected chi connectivity index (χ2v) is 4.26. The van der Waals surface area contributed by atoms with Crippen molar-refractivity contribution in [3.05, 3.63) is 65.5 Å². The van der Waals surface area contributed by atoms with Crippen LogP contribution in [-0.4, -0.2) is 5.78 Å². The van der Waals surface area contributed by atoms with E-state index in [1.54, 1.807) is 0 Å². The van der Waals surface area contributed by atoms with Crippen LogP contribution in [-0.2, 0) is 6.54 Å². The van der Waals surface area contributed by atoms with Gasteiger partial charge in [-0.1, -0.05) is 35.9 Å². The lowest BCUT2D eigenvalue weighted by atomic mass is 10.1. The Kier molecular flexibility index (Phi) is 5.23. The number of ketones is 1. The third-order valence-corrected chi connectivity index (χ3v) is 2.86. The zero-order chi connectivity index (χ0) is 12.3. The van der Waals surface area contributed by atoms with Crippen molar-refractivity contribution in [2.45, 2.75) is 20.4 Å². The molecule has 0 fully saturated rings. The molecular weight excluding hydrogens is 290 g/mol. The highest BCUT2D eigenvalue weighted by Gasteiger charge is 2.13. The van der Waals surface area contributed by atoms with E-state index in [1.165, 1.54) is 5.56 Å². The van der Waals surface area contributed by atoms with Gasteiger partial charge in [-0.3, -0.25) is 4.79 Å². The van der Waals surface area contributed by atoms with E-state index >= 15 is 0 Å². The van der Waals surface area contributed by atoms with Crippen LogP contribution in [0.5, 0.6) is 0 Å². The molecule has 1 aromatic carbocycles. The van der Waals surface area contributed by atoms with Crippen LogP contribution in [0.2, 0.25) is 0 Å². The Balaban J connectivity index is 0.00000162. The van der Waals surface area contributed by atoms with Gasteiger partial charge in [-0.2, -0.15) is 4.57 Å². The summed E-state index contributed by atoms with van der Waals surface area (Å²) in [5.41, 5.74) is 3.03. The van der Waals surface area contributed by atoms with Crippen LogP contribution in [0.4, 0.5) is 0 Å². The van der Waals surface area contributed by atoms with E-state index in [2.05, 4.69) is 0 Å². The monoisotopic (exact) mass is 306 g/mol. The number of pyridine rings is 1. The van der Waals surface area contributed by atoms with Crippen LogP contribution in [0.1, 0.15) is 21.6 Å². The average Bonchev–Trinajstić information content (AvgIpc) is 2.33. The molecule has 18 heavy (non-hydrogen) atoms. The molecule has 0 atom stereocenters.